The molecule has 4 aromatic rings. The standard InChI is InChI=1S/C29H26F3N3OS/c1-3-6-21(16-26(33)35-34)20-10-12-22(13-11-20)36-17-19-9-14-25-24(15-19)27(28(37-25)29(30,31)32)23-8-5-4-7-18(23)2/h4-5,7-15,21H,16-17,34H2,1-2H3,(H2,33,35). The molecule has 0 amide bonds. The van der Waals surface area contributed by atoms with E-state index in [9.17, 15) is 13.2 Å². The summed E-state index contributed by atoms with van der Waals surface area (Å²) in [6.45, 7) is 3.79. The highest BCUT2D eigenvalue weighted by atomic mass is 32.1. The van der Waals surface area contributed by atoms with Gasteiger partial charge in [0.15, 0.2) is 0 Å². The predicted octanol–water partition coefficient (Wildman–Crippen LogP) is 7.20. The number of hydrazone groups is 1. The number of halogens is 3. The number of ether oxygens (including phenoxy) is 1. The Hall–Kier alpha value is -3.96. The van der Waals surface area contributed by atoms with Crippen LogP contribution < -0.4 is 16.3 Å². The maximum atomic E-state index is 14.0. The van der Waals surface area contributed by atoms with E-state index in [0.29, 0.717) is 33.7 Å². The monoisotopic (exact) mass is 521 g/mol. The fourth-order valence-electron chi connectivity index (χ4n) is 4.21. The van der Waals surface area contributed by atoms with Gasteiger partial charge in [0.05, 0.1) is 5.92 Å². The van der Waals surface area contributed by atoms with E-state index < -0.39 is 11.1 Å². The number of fused-ring (bicyclic) bond motifs is 1. The first-order chi connectivity index (χ1) is 17.7. The minimum Gasteiger partial charge on any atom is -0.489 e. The number of alkyl halides is 3. The minimum absolute atomic E-state index is 0.143. The van der Waals surface area contributed by atoms with E-state index >= 15 is 0 Å². The summed E-state index contributed by atoms with van der Waals surface area (Å²) in [6.07, 6.45) is -4.03. The lowest BCUT2D eigenvalue weighted by molar-refractivity contribution is -0.133. The first-order valence-electron chi connectivity index (χ1n) is 11.6. The van der Waals surface area contributed by atoms with Gasteiger partial charge in [0.1, 0.15) is 23.1 Å². The van der Waals surface area contributed by atoms with Crippen LogP contribution in [0.1, 0.15) is 40.8 Å². The number of hydrogen-bond donors (Lipinski definition) is 2. The summed E-state index contributed by atoms with van der Waals surface area (Å²) in [4.78, 5) is -0.587. The molecule has 0 bridgehead atoms. The van der Waals surface area contributed by atoms with Gasteiger partial charge < -0.3 is 16.3 Å². The zero-order valence-electron chi connectivity index (χ0n) is 20.4. The molecule has 1 unspecified atom stereocenters. The Morgan fingerprint density at radius 3 is 2.46 bits per heavy atom. The Kier molecular flexibility index (Phi) is 7.74. The lowest BCUT2D eigenvalue weighted by Crippen LogP contribution is -2.17. The molecule has 0 aliphatic carbocycles. The number of nitrogens with two attached hydrogens (primary N) is 2. The smallest absolute Gasteiger partial charge is 0.426 e. The normalized spacial score (nSPS) is 12.7. The molecule has 37 heavy (non-hydrogen) atoms. The number of rotatable bonds is 7. The lowest BCUT2D eigenvalue weighted by Gasteiger charge is -2.13. The third kappa shape index (κ3) is 5.89. The van der Waals surface area contributed by atoms with Crippen LogP contribution in [0.25, 0.3) is 21.2 Å². The van der Waals surface area contributed by atoms with Crippen molar-refractivity contribution in [2.24, 2.45) is 16.7 Å². The number of amidine groups is 1. The second-order valence-corrected chi connectivity index (χ2v) is 9.63. The van der Waals surface area contributed by atoms with E-state index in [2.05, 4.69) is 16.9 Å². The molecule has 1 heterocycles. The molecule has 0 saturated carbocycles. The molecule has 190 valence electrons. The highest BCUT2D eigenvalue weighted by Gasteiger charge is 2.37. The van der Waals surface area contributed by atoms with E-state index in [4.69, 9.17) is 16.3 Å². The predicted molar refractivity (Wildman–Crippen MR) is 144 cm³/mol. The number of thiophene rings is 1. The van der Waals surface area contributed by atoms with Crippen LogP contribution in [0.15, 0.2) is 71.8 Å². The van der Waals surface area contributed by atoms with Crippen molar-refractivity contribution in [2.75, 3.05) is 0 Å². The second kappa shape index (κ2) is 11.0. The molecule has 0 radical (unpaired) electrons. The van der Waals surface area contributed by atoms with Gasteiger partial charge in [-0.2, -0.15) is 18.3 Å². The van der Waals surface area contributed by atoms with Gasteiger partial charge in [-0.25, -0.2) is 0 Å². The quantitative estimate of drug-likeness (QED) is 0.0888. The molecule has 4 nitrogen and oxygen atoms in total. The molecule has 1 aromatic heterocycles. The van der Waals surface area contributed by atoms with E-state index in [1.807, 2.05) is 43.3 Å². The van der Waals surface area contributed by atoms with Crippen LogP contribution in [0, 0.1) is 18.8 Å². The number of aryl methyl sites for hydroxylation is 1. The van der Waals surface area contributed by atoms with E-state index in [1.165, 1.54) is 0 Å². The SMILES string of the molecule is CC#CC(C/C(N)=N/N)c1ccc(OCc2ccc3sc(C(F)(F)F)c(-c4ccccc4C)c3c2)cc1. The van der Waals surface area contributed by atoms with E-state index in [1.54, 1.807) is 37.3 Å². The molecular weight excluding hydrogens is 495 g/mol. The van der Waals surface area contributed by atoms with Gasteiger partial charge in [-0.3, -0.25) is 0 Å². The summed E-state index contributed by atoms with van der Waals surface area (Å²) in [5.41, 5.74) is 9.10. The largest absolute Gasteiger partial charge is 0.489 e. The maximum Gasteiger partial charge on any atom is 0.426 e. The molecule has 0 spiro atoms. The Balaban J connectivity index is 1.60. The summed E-state index contributed by atoms with van der Waals surface area (Å²) in [6, 6.07) is 19.9. The highest BCUT2D eigenvalue weighted by Crippen LogP contribution is 2.47. The molecule has 0 aliphatic heterocycles. The molecule has 0 fully saturated rings. The third-order valence-electron chi connectivity index (χ3n) is 6.01. The summed E-state index contributed by atoms with van der Waals surface area (Å²) < 4.78 is 48.4. The Bertz CT molecular complexity index is 1500. The van der Waals surface area contributed by atoms with Gasteiger partial charge in [0.25, 0.3) is 0 Å². The van der Waals surface area contributed by atoms with Gasteiger partial charge in [0, 0.05) is 22.1 Å². The first-order valence-corrected chi connectivity index (χ1v) is 12.4. The third-order valence-corrected chi connectivity index (χ3v) is 7.23. The van der Waals surface area contributed by atoms with E-state index in [-0.39, 0.29) is 18.1 Å². The van der Waals surface area contributed by atoms with Crippen molar-refractivity contribution in [3.8, 4) is 28.7 Å². The summed E-state index contributed by atoms with van der Waals surface area (Å²) in [5, 5.41) is 4.10. The fraction of sp³-hybridized carbons (Fsp3) is 0.207. The van der Waals surface area contributed by atoms with Crippen LogP contribution in [-0.2, 0) is 12.8 Å². The topological polar surface area (TPSA) is 73.6 Å². The molecule has 0 aliphatic rings. The van der Waals surface area contributed by atoms with Crippen molar-refractivity contribution in [1.29, 1.82) is 0 Å². The van der Waals surface area contributed by atoms with Crippen LogP contribution in [0.2, 0.25) is 0 Å². The van der Waals surface area contributed by atoms with Crippen LogP contribution >= 0.6 is 11.3 Å². The Labute approximate surface area is 217 Å². The summed E-state index contributed by atoms with van der Waals surface area (Å²) in [5.74, 6) is 12.1. The van der Waals surface area contributed by atoms with Crippen molar-refractivity contribution in [2.45, 2.75) is 39.0 Å². The summed E-state index contributed by atoms with van der Waals surface area (Å²) in [7, 11) is 0. The second-order valence-electron chi connectivity index (χ2n) is 8.58. The van der Waals surface area contributed by atoms with E-state index in [0.717, 1.165) is 28.0 Å². The fourth-order valence-corrected chi connectivity index (χ4v) is 5.27. The van der Waals surface area contributed by atoms with Crippen LogP contribution in [0.5, 0.6) is 5.75 Å². The van der Waals surface area contributed by atoms with Crippen molar-refractivity contribution < 1.29 is 17.9 Å². The number of hydrogen-bond acceptors (Lipinski definition) is 4. The lowest BCUT2D eigenvalue weighted by atomic mass is 9.95. The van der Waals surface area contributed by atoms with Gasteiger partial charge in [-0.1, -0.05) is 48.4 Å². The van der Waals surface area contributed by atoms with Crippen LogP contribution in [-0.4, -0.2) is 5.84 Å². The van der Waals surface area contributed by atoms with Crippen molar-refractivity contribution >= 4 is 27.3 Å². The average molecular weight is 522 g/mol. The van der Waals surface area contributed by atoms with Gasteiger partial charge in [-0.15, -0.1) is 17.3 Å². The van der Waals surface area contributed by atoms with Crippen molar-refractivity contribution in [3.05, 3.63) is 88.3 Å². The highest BCUT2D eigenvalue weighted by molar-refractivity contribution is 7.19. The van der Waals surface area contributed by atoms with Crippen molar-refractivity contribution in [3.63, 3.8) is 0 Å². The van der Waals surface area contributed by atoms with Gasteiger partial charge in [0.2, 0.25) is 0 Å². The zero-order valence-corrected chi connectivity index (χ0v) is 21.2. The zero-order chi connectivity index (χ0) is 26.6. The number of benzene rings is 3. The van der Waals surface area contributed by atoms with Crippen LogP contribution in [0.3, 0.4) is 0 Å². The summed E-state index contributed by atoms with van der Waals surface area (Å²) >= 11 is 0.769. The average Bonchev–Trinajstić information content (AvgIpc) is 3.27. The van der Waals surface area contributed by atoms with Crippen LogP contribution in [0.4, 0.5) is 13.2 Å². The number of nitrogens with zero attached hydrogens (tertiary/aromatic N) is 1. The van der Waals surface area contributed by atoms with Gasteiger partial charge in [-0.05, 0) is 60.4 Å². The first kappa shape index (κ1) is 26.1. The molecule has 4 rings (SSSR count). The molecule has 1 atom stereocenters. The Morgan fingerprint density at radius 2 is 1.81 bits per heavy atom. The molecular formula is C29H26F3N3OS. The molecule has 8 heteroatoms. The molecule has 4 N–H and O–H groups in total. The molecule has 3 aromatic carbocycles. The maximum absolute atomic E-state index is 14.0. The molecule has 0 saturated heterocycles. The minimum atomic E-state index is -4.44. The van der Waals surface area contributed by atoms with Crippen molar-refractivity contribution in [1.82, 2.24) is 0 Å². The van der Waals surface area contributed by atoms with Gasteiger partial charge >= 0.3 is 6.18 Å². The Morgan fingerprint density at radius 1 is 1.08 bits per heavy atom.